The summed E-state index contributed by atoms with van der Waals surface area (Å²) in [4.78, 5) is 12.8. The number of aryl methyl sites for hydroxylation is 1. The molecule has 2 aromatic heterocycles. The van der Waals surface area contributed by atoms with Gasteiger partial charge in [-0.05, 0) is 54.4 Å². The largest absolute Gasteiger partial charge is 0.366 e. The highest BCUT2D eigenvalue weighted by Crippen LogP contribution is 2.22. The van der Waals surface area contributed by atoms with Gasteiger partial charge in [0.25, 0.3) is 0 Å². The van der Waals surface area contributed by atoms with Gasteiger partial charge in [0.05, 0.1) is 0 Å². The van der Waals surface area contributed by atoms with E-state index in [2.05, 4.69) is 41.5 Å². The molecule has 0 bridgehead atoms. The predicted octanol–water partition coefficient (Wildman–Crippen LogP) is 4.30. The molecule has 116 valence electrons. The van der Waals surface area contributed by atoms with Gasteiger partial charge >= 0.3 is 0 Å². The van der Waals surface area contributed by atoms with E-state index >= 15 is 0 Å². The van der Waals surface area contributed by atoms with Crippen molar-refractivity contribution < 1.29 is 0 Å². The Balaban J connectivity index is 1.69. The van der Waals surface area contributed by atoms with Crippen LogP contribution in [-0.4, -0.2) is 15.0 Å². The van der Waals surface area contributed by atoms with Crippen molar-refractivity contribution in [2.24, 2.45) is 0 Å². The molecule has 0 aliphatic rings. The summed E-state index contributed by atoms with van der Waals surface area (Å²) in [6, 6.07) is 11.8. The second kappa shape index (κ2) is 7.19. The molecule has 0 amide bonds. The van der Waals surface area contributed by atoms with Crippen LogP contribution in [0.15, 0.2) is 59.5 Å². The normalized spacial score (nSPS) is 10.3. The van der Waals surface area contributed by atoms with E-state index in [4.69, 9.17) is 0 Å². The maximum atomic E-state index is 4.49. The third-order valence-corrected chi connectivity index (χ3v) is 3.81. The molecule has 0 aliphatic heterocycles. The zero-order valence-electron chi connectivity index (χ0n) is 12.6. The van der Waals surface area contributed by atoms with Crippen molar-refractivity contribution in [2.75, 3.05) is 10.6 Å². The maximum absolute atomic E-state index is 4.49. The number of halogens is 1. The van der Waals surface area contributed by atoms with Gasteiger partial charge in [-0.3, -0.25) is 4.98 Å². The summed E-state index contributed by atoms with van der Waals surface area (Å²) in [5.74, 6) is 1.34. The van der Waals surface area contributed by atoms with Gasteiger partial charge in [-0.15, -0.1) is 0 Å². The van der Waals surface area contributed by atoms with Crippen molar-refractivity contribution in [1.82, 2.24) is 15.0 Å². The van der Waals surface area contributed by atoms with Crippen LogP contribution in [0, 0.1) is 6.92 Å². The molecule has 3 aromatic rings. The quantitative estimate of drug-likeness (QED) is 0.701. The summed E-state index contributed by atoms with van der Waals surface area (Å²) >= 11 is 3.46. The van der Waals surface area contributed by atoms with Crippen LogP contribution in [0.5, 0.6) is 0 Å². The Bertz CT molecular complexity index is 792. The van der Waals surface area contributed by atoms with Crippen LogP contribution in [-0.2, 0) is 6.54 Å². The average Bonchev–Trinajstić information content (AvgIpc) is 2.57. The molecule has 0 radical (unpaired) electrons. The molecule has 0 spiro atoms. The van der Waals surface area contributed by atoms with Crippen LogP contribution < -0.4 is 10.6 Å². The lowest BCUT2D eigenvalue weighted by Crippen LogP contribution is -2.04. The number of hydrogen-bond acceptors (Lipinski definition) is 5. The van der Waals surface area contributed by atoms with Gasteiger partial charge in [-0.25, -0.2) is 4.98 Å². The van der Waals surface area contributed by atoms with E-state index in [1.807, 2.05) is 43.3 Å². The van der Waals surface area contributed by atoms with Crippen LogP contribution in [0.4, 0.5) is 17.5 Å². The molecular weight excluding hydrogens is 354 g/mol. The summed E-state index contributed by atoms with van der Waals surface area (Å²) in [7, 11) is 0. The number of rotatable bonds is 5. The van der Waals surface area contributed by atoms with Gasteiger partial charge in [0.2, 0.25) is 5.95 Å². The molecule has 5 nitrogen and oxygen atoms in total. The van der Waals surface area contributed by atoms with Crippen molar-refractivity contribution in [2.45, 2.75) is 13.5 Å². The second-order valence-corrected chi connectivity index (χ2v) is 5.97. The summed E-state index contributed by atoms with van der Waals surface area (Å²) in [6.07, 6.45) is 5.29. The first-order valence-corrected chi connectivity index (χ1v) is 7.99. The van der Waals surface area contributed by atoms with Gasteiger partial charge in [0.1, 0.15) is 5.82 Å². The van der Waals surface area contributed by atoms with E-state index in [-0.39, 0.29) is 0 Å². The molecule has 0 fully saturated rings. The van der Waals surface area contributed by atoms with Gasteiger partial charge < -0.3 is 10.6 Å². The molecule has 0 saturated heterocycles. The zero-order valence-corrected chi connectivity index (χ0v) is 14.2. The fourth-order valence-electron chi connectivity index (χ4n) is 2.10. The van der Waals surface area contributed by atoms with E-state index in [0.717, 1.165) is 27.1 Å². The maximum Gasteiger partial charge on any atom is 0.229 e. The van der Waals surface area contributed by atoms with Crippen molar-refractivity contribution in [1.29, 1.82) is 0 Å². The number of nitrogens with zero attached hydrogens (tertiary/aromatic N) is 3. The van der Waals surface area contributed by atoms with Crippen molar-refractivity contribution in [3.05, 3.63) is 70.6 Å². The third kappa shape index (κ3) is 4.26. The fraction of sp³-hybridized carbons (Fsp3) is 0.118. The molecule has 1 aromatic carbocycles. The molecule has 2 heterocycles. The van der Waals surface area contributed by atoms with Crippen molar-refractivity contribution in [3.63, 3.8) is 0 Å². The summed E-state index contributed by atoms with van der Waals surface area (Å²) in [5.41, 5.74) is 3.26. The predicted molar refractivity (Wildman–Crippen MR) is 95.8 cm³/mol. The fourth-order valence-corrected chi connectivity index (χ4v) is 2.57. The number of pyridine rings is 1. The SMILES string of the molecule is Cc1cc(Br)ccc1Nc1nccc(NCc2ccncc2)n1. The highest BCUT2D eigenvalue weighted by Gasteiger charge is 2.03. The Morgan fingerprint density at radius 1 is 1.04 bits per heavy atom. The number of aromatic nitrogens is 3. The van der Waals surface area contributed by atoms with Crippen LogP contribution >= 0.6 is 15.9 Å². The Kier molecular flexibility index (Phi) is 4.83. The van der Waals surface area contributed by atoms with Crippen LogP contribution in [0.25, 0.3) is 0 Å². The summed E-state index contributed by atoms with van der Waals surface area (Å²) in [6.45, 7) is 2.73. The first-order chi connectivity index (χ1) is 11.2. The topological polar surface area (TPSA) is 62.7 Å². The van der Waals surface area contributed by atoms with Gasteiger partial charge in [-0.1, -0.05) is 15.9 Å². The molecule has 2 N–H and O–H groups in total. The van der Waals surface area contributed by atoms with Gasteiger partial charge in [0, 0.05) is 35.3 Å². The van der Waals surface area contributed by atoms with Gasteiger partial charge in [-0.2, -0.15) is 4.98 Å². The lowest BCUT2D eigenvalue weighted by atomic mass is 10.2. The molecule has 23 heavy (non-hydrogen) atoms. The molecule has 6 heteroatoms. The van der Waals surface area contributed by atoms with Crippen LogP contribution in [0.1, 0.15) is 11.1 Å². The summed E-state index contributed by atoms with van der Waals surface area (Å²) < 4.78 is 1.05. The molecule has 0 atom stereocenters. The Morgan fingerprint density at radius 2 is 1.87 bits per heavy atom. The molecule has 0 saturated carbocycles. The molecular formula is C17H16BrN5. The Morgan fingerprint density at radius 3 is 2.65 bits per heavy atom. The minimum absolute atomic E-state index is 0.565. The lowest BCUT2D eigenvalue weighted by molar-refractivity contribution is 1.07. The number of nitrogens with one attached hydrogen (secondary N) is 2. The zero-order chi connectivity index (χ0) is 16.1. The molecule has 3 rings (SSSR count). The van der Waals surface area contributed by atoms with E-state index in [0.29, 0.717) is 12.5 Å². The summed E-state index contributed by atoms with van der Waals surface area (Å²) in [5, 5.41) is 6.53. The Labute approximate surface area is 143 Å². The average molecular weight is 370 g/mol. The standard InChI is InChI=1S/C17H16BrN5/c1-12-10-14(18)2-3-15(12)22-17-20-9-6-16(23-17)21-11-13-4-7-19-8-5-13/h2-10H,11H2,1H3,(H2,20,21,22,23). The highest BCUT2D eigenvalue weighted by atomic mass is 79.9. The lowest BCUT2D eigenvalue weighted by Gasteiger charge is -2.10. The highest BCUT2D eigenvalue weighted by molar-refractivity contribution is 9.10. The smallest absolute Gasteiger partial charge is 0.229 e. The Hall–Kier alpha value is -2.47. The number of benzene rings is 1. The van der Waals surface area contributed by atoms with E-state index in [1.165, 1.54) is 0 Å². The number of anilines is 3. The van der Waals surface area contributed by atoms with Crippen molar-refractivity contribution in [3.8, 4) is 0 Å². The van der Waals surface area contributed by atoms with Crippen LogP contribution in [0.2, 0.25) is 0 Å². The first kappa shape index (κ1) is 15.4. The van der Waals surface area contributed by atoms with E-state index < -0.39 is 0 Å². The van der Waals surface area contributed by atoms with E-state index in [1.54, 1.807) is 18.6 Å². The first-order valence-electron chi connectivity index (χ1n) is 7.20. The van der Waals surface area contributed by atoms with Crippen molar-refractivity contribution >= 4 is 33.4 Å². The van der Waals surface area contributed by atoms with Gasteiger partial charge in [0.15, 0.2) is 0 Å². The van der Waals surface area contributed by atoms with E-state index in [9.17, 15) is 0 Å². The minimum atomic E-state index is 0.565. The number of hydrogen-bond donors (Lipinski definition) is 2. The molecule has 0 aliphatic carbocycles. The third-order valence-electron chi connectivity index (χ3n) is 3.31. The molecule has 0 unspecified atom stereocenters. The second-order valence-electron chi connectivity index (χ2n) is 5.06. The minimum Gasteiger partial charge on any atom is -0.366 e. The monoisotopic (exact) mass is 369 g/mol. The van der Waals surface area contributed by atoms with Crippen LogP contribution in [0.3, 0.4) is 0 Å².